The van der Waals surface area contributed by atoms with Gasteiger partial charge in [0.15, 0.2) is 0 Å². The average molecular weight is 224 g/mol. The van der Waals surface area contributed by atoms with Crippen LogP contribution in [0.25, 0.3) is 0 Å². The maximum Gasteiger partial charge on any atom is 0.0150 e. The smallest absolute Gasteiger partial charge is 0.0150 e. The molecule has 3 heteroatoms. The summed E-state index contributed by atoms with van der Waals surface area (Å²) < 4.78 is 0. The Morgan fingerprint density at radius 2 is 2.20 bits per heavy atom. The van der Waals surface area contributed by atoms with Gasteiger partial charge in [-0.05, 0) is 50.7 Å². The van der Waals surface area contributed by atoms with Crippen LogP contribution < -0.4 is 5.73 Å². The molecule has 1 aliphatic heterocycles. The van der Waals surface area contributed by atoms with Gasteiger partial charge >= 0.3 is 0 Å². The number of rotatable bonds is 3. The maximum absolute atomic E-state index is 6.11. The number of hydrogen-bond acceptors (Lipinski definition) is 3. The van der Waals surface area contributed by atoms with Gasteiger partial charge in [0.25, 0.3) is 0 Å². The standard InChI is InChI=1S/C12H20N2S/c1-12(13)5-8-14(9-6-12)7-4-11-3-2-10-15-11/h2-3,10H,4-9,13H2,1H3. The molecule has 2 heterocycles. The first kappa shape index (κ1) is 11.1. The Hall–Kier alpha value is -0.380. The molecule has 1 saturated heterocycles. The Morgan fingerprint density at radius 3 is 2.80 bits per heavy atom. The number of likely N-dealkylation sites (tertiary alicyclic amines) is 1. The lowest BCUT2D eigenvalue weighted by Gasteiger charge is -2.36. The molecule has 0 amide bonds. The van der Waals surface area contributed by atoms with Crippen molar-refractivity contribution in [2.24, 2.45) is 5.73 Å². The third-order valence-corrected chi connectivity index (χ3v) is 4.19. The SMILES string of the molecule is CC1(N)CCN(CCc2cccs2)CC1. The lowest BCUT2D eigenvalue weighted by molar-refractivity contribution is 0.174. The molecule has 1 aliphatic rings. The van der Waals surface area contributed by atoms with Crippen LogP contribution >= 0.6 is 11.3 Å². The van der Waals surface area contributed by atoms with E-state index in [1.807, 2.05) is 11.3 Å². The van der Waals surface area contributed by atoms with Crippen molar-refractivity contribution in [1.29, 1.82) is 0 Å². The van der Waals surface area contributed by atoms with Crippen molar-refractivity contribution in [3.63, 3.8) is 0 Å². The summed E-state index contributed by atoms with van der Waals surface area (Å²) >= 11 is 1.86. The van der Waals surface area contributed by atoms with Gasteiger partial charge in [-0.25, -0.2) is 0 Å². The molecule has 1 aromatic rings. The summed E-state index contributed by atoms with van der Waals surface area (Å²) in [5.74, 6) is 0. The normalized spacial score (nSPS) is 21.7. The topological polar surface area (TPSA) is 29.3 Å². The Bertz CT molecular complexity index is 283. The van der Waals surface area contributed by atoms with Gasteiger partial charge < -0.3 is 10.6 Å². The highest BCUT2D eigenvalue weighted by Crippen LogP contribution is 2.19. The third-order valence-electron chi connectivity index (χ3n) is 3.25. The summed E-state index contributed by atoms with van der Waals surface area (Å²) in [5.41, 5.74) is 6.19. The summed E-state index contributed by atoms with van der Waals surface area (Å²) in [4.78, 5) is 4.03. The zero-order chi connectivity index (χ0) is 10.7. The van der Waals surface area contributed by atoms with Crippen LogP contribution in [-0.2, 0) is 6.42 Å². The van der Waals surface area contributed by atoms with Crippen molar-refractivity contribution in [3.05, 3.63) is 22.4 Å². The van der Waals surface area contributed by atoms with Gasteiger partial charge in [-0.15, -0.1) is 11.3 Å². The Balaban J connectivity index is 1.73. The number of piperidine rings is 1. The van der Waals surface area contributed by atoms with Crippen LogP contribution in [0.15, 0.2) is 17.5 Å². The zero-order valence-electron chi connectivity index (χ0n) is 9.41. The Morgan fingerprint density at radius 1 is 1.47 bits per heavy atom. The summed E-state index contributed by atoms with van der Waals surface area (Å²) in [7, 11) is 0. The zero-order valence-corrected chi connectivity index (χ0v) is 10.2. The molecule has 2 rings (SSSR count). The van der Waals surface area contributed by atoms with Crippen LogP contribution in [0.1, 0.15) is 24.6 Å². The third kappa shape index (κ3) is 3.30. The Kier molecular flexibility index (Phi) is 3.44. The molecule has 0 radical (unpaired) electrons. The number of nitrogens with two attached hydrogens (primary N) is 1. The van der Waals surface area contributed by atoms with Crippen LogP contribution in [-0.4, -0.2) is 30.1 Å². The molecule has 2 N–H and O–H groups in total. The molecule has 0 spiro atoms. The van der Waals surface area contributed by atoms with Crippen molar-refractivity contribution >= 4 is 11.3 Å². The summed E-state index contributed by atoms with van der Waals surface area (Å²) in [6, 6.07) is 4.36. The van der Waals surface area contributed by atoms with E-state index in [0.29, 0.717) is 0 Å². The quantitative estimate of drug-likeness (QED) is 0.852. The van der Waals surface area contributed by atoms with E-state index in [9.17, 15) is 0 Å². The van der Waals surface area contributed by atoms with E-state index in [0.717, 1.165) is 12.8 Å². The second kappa shape index (κ2) is 4.64. The van der Waals surface area contributed by atoms with Gasteiger partial charge in [-0.2, -0.15) is 0 Å². The van der Waals surface area contributed by atoms with Crippen molar-refractivity contribution in [1.82, 2.24) is 4.90 Å². The summed E-state index contributed by atoms with van der Waals surface area (Å²) in [5, 5.41) is 2.16. The lowest BCUT2D eigenvalue weighted by Crippen LogP contribution is -2.48. The second-order valence-corrected chi connectivity index (χ2v) is 5.86. The summed E-state index contributed by atoms with van der Waals surface area (Å²) in [6.45, 7) is 5.69. The van der Waals surface area contributed by atoms with Crippen molar-refractivity contribution in [3.8, 4) is 0 Å². The van der Waals surface area contributed by atoms with Crippen LogP contribution in [0.4, 0.5) is 0 Å². The molecule has 0 aliphatic carbocycles. The van der Waals surface area contributed by atoms with Gasteiger partial charge in [0.1, 0.15) is 0 Å². The van der Waals surface area contributed by atoms with Crippen LogP contribution in [0.5, 0.6) is 0 Å². The molecule has 2 nitrogen and oxygen atoms in total. The molecule has 0 atom stereocenters. The molecule has 1 fully saturated rings. The molecule has 0 aromatic carbocycles. The molecule has 1 aromatic heterocycles. The fourth-order valence-corrected chi connectivity index (χ4v) is 2.71. The van der Waals surface area contributed by atoms with Gasteiger partial charge in [0.05, 0.1) is 0 Å². The molecular weight excluding hydrogens is 204 g/mol. The molecule has 84 valence electrons. The minimum atomic E-state index is 0.0828. The van der Waals surface area contributed by atoms with E-state index < -0.39 is 0 Å². The molecule has 0 bridgehead atoms. The van der Waals surface area contributed by atoms with Crippen LogP contribution in [0.2, 0.25) is 0 Å². The van der Waals surface area contributed by atoms with Crippen molar-refractivity contribution in [2.75, 3.05) is 19.6 Å². The highest BCUT2D eigenvalue weighted by atomic mass is 32.1. The average Bonchev–Trinajstić information content (AvgIpc) is 2.69. The van der Waals surface area contributed by atoms with Gasteiger partial charge in [0.2, 0.25) is 0 Å². The number of thiophene rings is 1. The van der Waals surface area contributed by atoms with E-state index in [2.05, 4.69) is 29.3 Å². The Labute approximate surface area is 96.1 Å². The van der Waals surface area contributed by atoms with E-state index in [1.165, 1.54) is 30.9 Å². The number of hydrogen-bond donors (Lipinski definition) is 1. The monoisotopic (exact) mass is 224 g/mol. The van der Waals surface area contributed by atoms with Crippen molar-refractivity contribution < 1.29 is 0 Å². The lowest BCUT2D eigenvalue weighted by atomic mass is 9.91. The minimum Gasteiger partial charge on any atom is -0.325 e. The van der Waals surface area contributed by atoms with Crippen LogP contribution in [0, 0.1) is 0 Å². The minimum absolute atomic E-state index is 0.0828. The molecule has 0 unspecified atom stereocenters. The molecule has 15 heavy (non-hydrogen) atoms. The van der Waals surface area contributed by atoms with Gasteiger partial charge in [-0.3, -0.25) is 0 Å². The van der Waals surface area contributed by atoms with Gasteiger partial charge in [-0.1, -0.05) is 6.07 Å². The van der Waals surface area contributed by atoms with E-state index in [4.69, 9.17) is 5.73 Å². The highest BCUT2D eigenvalue weighted by molar-refractivity contribution is 7.09. The molecule has 0 saturated carbocycles. The summed E-state index contributed by atoms with van der Waals surface area (Å²) in [6.07, 6.45) is 3.47. The van der Waals surface area contributed by atoms with E-state index in [-0.39, 0.29) is 5.54 Å². The first-order valence-corrected chi connectivity index (χ1v) is 6.57. The second-order valence-electron chi connectivity index (χ2n) is 4.83. The predicted octanol–water partition coefficient (Wildman–Crippen LogP) is 2.10. The van der Waals surface area contributed by atoms with Crippen LogP contribution in [0.3, 0.4) is 0 Å². The molecular formula is C12H20N2S. The predicted molar refractivity (Wildman–Crippen MR) is 66.3 cm³/mol. The largest absolute Gasteiger partial charge is 0.325 e. The fraction of sp³-hybridized carbons (Fsp3) is 0.667. The number of nitrogens with zero attached hydrogens (tertiary/aromatic N) is 1. The first-order valence-electron chi connectivity index (χ1n) is 5.69. The van der Waals surface area contributed by atoms with Gasteiger partial charge in [0, 0.05) is 17.0 Å². The highest BCUT2D eigenvalue weighted by Gasteiger charge is 2.25. The maximum atomic E-state index is 6.11. The fourth-order valence-electron chi connectivity index (χ4n) is 2.01. The van der Waals surface area contributed by atoms with E-state index >= 15 is 0 Å². The van der Waals surface area contributed by atoms with Crippen molar-refractivity contribution in [2.45, 2.75) is 31.7 Å². The van der Waals surface area contributed by atoms with E-state index in [1.54, 1.807) is 0 Å². The first-order chi connectivity index (χ1) is 7.16.